The van der Waals surface area contributed by atoms with Crippen molar-refractivity contribution in [3.63, 3.8) is 0 Å². The van der Waals surface area contributed by atoms with Crippen molar-refractivity contribution in [2.24, 2.45) is 0 Å². The summed E-state index contributed by atoms with van der Waals surface area (Å²) < 4.78 is 9.46. The molecule has 0 atom stereocenters. The molecule has 0 aliphatic rings. The molecule has 0 fully saturated rings. The quantitative estimate of drug-likeness (QED) is 0.162. The first-order valence-corrected chi connectivity index (χ1v) is 20.1. The Morgan fingerprint density at radius 2 is 0.877 bits per heavy atom. The van der Waals surface area contributed by atoms with E-state index < -0.39 is 0 Å². The fourth-order valence-corrected chi connectivity index (χ4v) is 9.44. The Bertz CT molecular complexity index is 3210. The summed E-state index contributed by atoms with van der Waals surface area (Å²) in [5.41, 5.74) is 14.3. The number of benzene rings is 9. The number of hydrogen-bond donors (Lipinski definition) is 0. The van der Waals surface area contributed by atoms with E-state index in [1.807, 2.05) is 17.4 Å². The minimum Gasteiger partial charge on any atom is -0.454 e. The standard InChI is InChI=1S/C54H35NOS/c1-3-12-36(13-4-1)40-16-11-17-41(34-40)37-22-27-43(28-23-37)55(44-29-24-38(25-30-44)42-26-31-47-46-18-8-10-21-51(46)57-52(47)35-42)49-33-32-45(39-14-5-2-6-15-39)53-48-19-7-9-20-50(48)56-54(49)53/h1-35H. The lowest BCUT2D eigenvalue weighted by Crippen LogP contribution is -2.10. The van der Waals surface area contributed by atoms with Crippen LogP contribution in [0.25, 0.3) is 86.6 Å². The minimum atomic E-state index is 0.858. The van der Waals surface area contributed by atoms with E-state index in [1.165, 1.54) is 48.0 Å². The molecule has 0 unspecified atom stereocenters. The van der Waals surface area contributed by atoms with Gasteiger partial charge in [0.1, 0.15) is 5.58 Å². The number of thiophene rings is 1. The van der Waals surface area contributed by atoms with Crippen LogP contribution in [0.1, 0.15) is 0 Å². The molecule has 2 aromatic heterocycles. The zero-order valence-electron chi connectivity index (χ0n) is 31.0. The van der Waals surface area contributed by atoms with Crippen LogP contribution in [0.4, 0.5) is 17.1 Å². The van der Waals surface area contributed by atoms with Crippen molar-refractivity contribution in [3.8, 4) is 44.5 Å². The molecule has 2 nitrogen and oxygen atoms in total. The molecule has 0 bridgehead atoms. The van der Waals surface area contributed by atoms with Gasteiger partial charge >= 0.3 is 0 Å². The molecular weight excluding hydrogens is 711 g/mol. The van der Waals surface area contributed by atoms with Gasteiger partial charge in [-0.1, -0.05) is 158 Å². The predicted octanol–water partition coefficient (Wildman–Crippen LogP) is 16.1. The molecule has 0 spiro atoms. The van der Waals surface area contributed by atoms with Crippen LogP contribution in [-0.2, 0) is 0 Å². The molecule has 0 saturated carbocycles. The average molecular weight is 746 g/mol. The van der Waals surface area contributed by atoms with Crippen LogP contribution in [0.3, 0.4) is 0 Å². The minimum absolute atomic E-state index is 0.858. The highest BCUT2D eigenvalue weighted by molar-refractivity contribution is 7.25. The maximum atomic E-state index is 6.84. The number of furan rings is 1. The summed E-state index contributed by atoms with van der Waals surface area (Å²) in [7, 11) is 0. The van der Waals surface area contributed by atoms with Crippen LogP contribution in [0.15, 0.2) is 217 Å². The fraction of sp³-hybridized carbons (Fsp3) is 0. The maximum Gasteiger partial charge on any atom is 0.160 e. The van der Waals surface area contributed by atoms with Crippen LogP contribution in [0.2, 0.25) is 0 Å². The zero-order valence-corrected chi connectivity index (χ0v) is 31.8. The van der Waals surface area contributed by atoms with Gasteiger partial charge in [-0.05, 0) is 99.1 Å². The Morgan fingerprint density at radius 3 is 1.58 bits per heavy atom. The second kappa shape index (κ2) is 13.8. The molecule has 11 rings (SSSR count). The first kappa shape index (κ1) is 33.2. The van der Waals surface area contributed by atoms with E-state index >= 15 is 0 Å². The molecule has 57 heavy (non-hydrogen) atoms. The van der Waals surface area contributed by atoms with Crippen molar-refractivity contribution >= 4 is 70.5 Å². The van der Waals surface area contributed by atoms with Crippen LogP contribution >= 0.6 is 11.3 Å². The van der Waals surface area contributed by atoms with E-state index in [4.69, 9.17) is 4.42 Å². The Hall–Kier alpha value is -7.20. The number of anilines is 3. The van der Waals surface area contributed by atoms with Crippen molar-refractivity contribution < 1.29 is 4.42 Å². The number of fused-ring (bicyclic) bond motifs is 6. The Labute approximate surface area is 335 Å². The lowest BCUT2D eigenvalue weighted by molar-refractivity contribution is 0.669. The molecule has 3 heteroatoms. The van der Waals surface area contributed by atoms with Gasteiger partial charge in [0.25, 0.3) is 0 Å². The number of hydrogen-bond acceptors (Lipinski definition) is 3. The highest BCUT2D eigenvalue weighted by Crippen LogP contribution is 2.46. The van der Waals surface area contributed by atoms with Crippen molar-refractivity contribution in [1.82, 2.24) is 0 Å². The van der Waals surface area contributed by atoms with Gasteiger partial charge in [0, 0.05) is 42.3 Å². The van der Waals surface area contributed by atoms with Crippen molar-refractivity contribution in [3.05, 3.63) is 212 Å². The second-order valence-corrected chi connectivity index (χ2v) is 15.6. The van der Waals surface area contributed by atoms with E-state index in [0.29, 0.717) is 0 Å². The van der Waals surface area contributed by atoms with Gasteiger partial charge in [-0.3, -0.25) is 0 Å². The molecule has 11 aromatic rings. The third-order valence-corrected chi connectivity index (χ3v) is 12.2. The van der Waals surface area contributed by atoms with Gasteiger partial charge in [-0.15, -0.1) is 11.3 Å². The molecular formula is C54H35NOS. The Balaban J connectivity index is 1.05. The molecule has 0 saturated heterocycles. The third-order valence-electron chi connectivity index (χ3n) is 11.1. The van der Waals surface area contributed by atoms with Crippen molar-refractivity contribution in [2.45, 2.75) is 0 Å². The average Bonchev–Trinajstić information content (AvgIpc) is 3.87. The molecule has 9 aromatic carbocycles. The summed E-state index contributed by atoms with van der Waals surface area (Å²) in [5, 5.41) is 4.85. The van der Waals surface area contributed by atoms with Crippen LogP contribution in [0, 0.1) is 0 Å². The van der Waals surface area contributed by atoms with E-state index in [-0.39, 0.29) is 0 Å². The molecule has 2 heterocycles. The summed E-state index contributed by atoms with van der Waals surface area (Å²) in [6.45, 7) is 0. The van der Waals surface area contributed by atoms with Crippen molar-refractivity contribution in [2.75, 3.05) is 4.90 Å². The first-order valence-electron chi connectivity index (χ1n) is 19.3. The smallest absolute Gasteiger partial charge is 0.160 e. The Morgan fingerprint density at radius 1 is 0.351 bits per heavy atom. The summed E-state index contributed by atoms with van der Waals surface area (Å²) >= 11 is 1.86. The summed E-state index contributed by atoms with van der Waals surface area (Å²) in [4.78, 5) is 2.34. The van der Waals surface area contributed by atoms with Gasteiger partial charge in [0.15, 0.2) is 5.58 Å². The van der Waals surface area contributed by atoms with Crippen LogP contribution < -0.4 is 4.90 Å². The van der Waals surface area contributed by atoms with Gasteiger partial charge in [0.05, 0.1) is 5.69 Å². The second-order valence-electron chi connectivity index (χ2n) is 14.5. The number of nitrogens with zero attached hydrogens (tertiary/aromatic N) is 1. The van der Waals surface area contributed by atoms with Gasteiger partial charge in [-0.25, -0.2) is 0 Å². The lowest BCUT2D eigenvalue weighted by atomic mass is 9.97. The number of rotatable bonds is 7. The third kappa shape index (κ3) is 5.88. The molecule has 0 radical (unpaired) electrons. The molecule has 0 N–H and O–H groups in total. The number of para-hydroxylation sites is 1. The van der Waals surface area contributed by atoms with E-state index in [0.717, 1.165) is 55.7 Å². The van der Waals surface area contributed by atoms with Gasteiger partial charge in [0.2, 0.25) is 0 Å². The SMILES string of the molecule is c1ccc(-c2cccc(-c3ccc(N(c4ccc(-c5ccc6c(c5)sc5ccccc56)cc4)c4ccc(-c5ccccc5)c5c4oc4ccccc45)cc3)c2)cc1. The van der Waals surface area contributed by atoms with Gasteiger partial charge in [-0.2, -0.15) is 0 Å². The zero-order chi connectivity index (χ0) is 37.7. The fourth-order valence-electron chi connectivity index (χ4n) is 8.30. The maximum absolute atomic E-state index is 6.84. The molecule has 0 amide bonds. The first-order chi connectivity index (χ1) is 28.2. The largest absolute Gasteiger partial charge is 0.454 e. The molecule has 268 valence electrons. The Kier molecular flexibility index (Phi) is 8.04. The van der Waals surface area contributed by atoms with Crippen molar-refractivity contribution in [1.29, 1.82) is 0 Å². The molecule has 0 aliphatic heterocycles. The normalized spacial score (nSPS) is 11.5. The monoisotopic (exact) mass is 745 g/mol. The molecule has 0 aliphatic carbocycles. The highest BCUT2D eigenvalue weighted by atomic mass is 32.1. The summed E-state index contributed by atoms with van der Waals surface area (Å²) in [6, 6.07) is 76.2. The summed E-state index contributed by atoms with van der Waals surface area (Å²) in [6.07, 6.45) is 0. The predicted molar refractivity (Wildman–Crippen MR) is 243 cm³/mol. The van der Waals surface area contributed by atoms with E-state index in [1.54, 1.807) is 0 Å². The topological polar surface area (TPSA) is 16.4 Å². The van der Waals surface area contributed by atoms with Crippen LogP contribution in [-0.4, -0.2) is 0 Å². The van der Waals surface area contributed by atoms with Crippen LogP contribution in [0.5, 0.6) is 0 Å². The van der Waals surface area contributed by atoms with E-state index in [9.17, 15) is 0 Å². The van der Waals surface area contributed by atoms with E-state index in [2.05, 4.69) is 211 Å². The highest BCUT2D eigenvalue weighted by Gasteiger charge is 2.22. The van der Waals surface area contributed by atoms with Gasteiger partial charge < -0.3 is 9.32 Å². The summed E-state index contributed by atoms with van der Waals surface area (Å²) in [5.74, 6) is 0. The lowest BCUT2D eigenvalue weighted by Gasteiger charge is -2.26.